The van der Waals surface area contributed by atoms with Crippen LogP contribution in [0.4, 0.5) is 5.69 Å². The molecule has 6 nitrogen and oxygen atoms in total. The molecule has 0 saturated carbocycles. The van der Waals surface area contributed by atoms with Crippen LogP contribution in [0, 0.1) is 0 Å². The van der Waals surface area contributed by atoms with Crippen LogP contribution in [-0.4, -0.2) is 26.3 Å². The van der Waals surface area contributed by atoms with Gasteiger partial charge in [-0.15, -0.1) is 11.8 Å². The lowest BCUT2D eigenvalue weighted by atomic mass is 9.97. The second-order valence-corrected chi connectivity index (χ2v) is 7.63. The SMILES string of the molecule is CSc1cccc(NC(=O)CCn2ccn3nc4c(c3c2=O)CCCC4)c1. The van der Waals surface area contributed by atoms with Crippen LogP contribution in [0.5, 0.6) is 0 Å². The molecule has 1 aliphatic carbocycles. The second kappa shape index (κ2) is 7.60. The van der Waals surface area contributed by atoms with Gasteiger partial charge in [0.15, 0.2) is 0 Å². The molecule has 140 valence electrons. The van der Waals surface area contributed by atoms with Crippen molar-refractivity contribution >= 4 is 28.9 Å². The van der Waals surface area contributed by atoms with E-state index in [0.29, 0.717) is 12.1 Å². The quantitative estimate of drug-likeness (QED) is 0.689. The average Bonchev–Trinajstić information content (AvgIpc) is 3.07. The van der Waals surface area contributed by atoms with Crippen molar-refractivity contribution in [1.29, 1.82) is 0 Å². The normalized spacial score (nSPS) is 13.5. The largest absolute Gasteiger partial charge is 0.326 e. The van der Waals surface area contributed by atoms with Gasteiger partial charge in [-0.25, -0.2) is 4.52 Å². The zero-order valence-corrected chi connectivity index (χ0v) is 16.1. The number of hydrogen-bond donors (Lipinski definition) is 1. The zero-order chi connectivity index (χ0) is 18.8. The molecule has 2 aromatic heterocycles. The highest BCUT2D eigenvalue weighted by Gasteiger charge is 2.19. The van der Waals surface area contributed by atoms with E-state index in [0.717, 1.165) is 47.5 Å². The van der Waals surface area contributed by atoms with E-state index in [9.17, 15) is 9.59 Å². The Kier molecular flexibility index (Phi) is 5.03. The minimum absolute atomic E-state index is 0.0645. The van der Waals surface area contributed by atoms with E-state index in [1.54, 1.807) is 27.0 Å². The number of carbonyl (C=O) groups excluding carboxylic acids is 1. The molecule has 2 heterocycles. The molecule has 1 N–H and O–H groups in total. The number of hydrogen-bond acceptors (Lipinski definition) is 4. The van der Waals surface area contributed by atoms with Crippen molar-refractivity contribution in [3.8, 4) is 0 Å². The van der Waals surface area contributed by atoms with Gasteiger partial charge in [-0.3, -0.25) is 9.59 Å². The first kappa shape index (κ1) is 17.9. The Labute approximate surface area is 161 Å². The van der Waals surface area contributed by atoms with E-state index in [1.165, 1.54) is 0 Å². The van der Waals surface area contributed by atoms with Crippen molar-refractivity contribution in [2.24, 2.45) is 0 Å². The summed E-state index contributed by atoms with van der Waals surface area (Å²) in [6.45, 7) is 0.351. The molecule has 1 aromatic carbocycles. The van der Waals surface area contributed by atoms with Crippen molar-refractivity contribution in [3.63, 3.8) is 0 Å². The Hall–Kier alpha value is -2.54. The number of amides is 1. The van der Waals surface area contributed by atoms with Gasteiger partial charge in [0.05, 0.1) is 5.69 Å². The predicted molar refractivity (Wildman–Crippen MR) is 108 cm³/mol. The summed E-state index contributed by atoms with van der Waals surface area (Å²) in [5.74, 6) is -0.101. The van der Waals surface area contributed by atoms with Gasteiger partial charge in [0.1, 0.15) is 5.52 Å². The summed E-state index contributed by atoms with van der Waals surface area (Å²) in [6.07, 6.45) is 9.85. The lowest BCUT2D eigenvalue weighted by Crippen LogP contribution is -2.24. The first-order valence-corrected chi connectivity index (χ1v) is 10.4. The Bertz CT molecular complexity index is 1050. The van der Waals surface area contributed by atoms with Gasteiger partial charge >= 0.3 is 0 Å². The van der Waals surface area contributed by atoms with E-state index in [2.05, 4.69) is 10.4 Å². The number of anilines is 1. The summed E-state index contributed by atoms with van der Waals surface area (Å²) < 4.78 is 3.31. The van der Waals surface area contributed by atoms with E-state index in [1.807, 2.05) is 36.7 Å². The third-order valence-electron chi connectivity index (χ3n) is 4.97. The standard InChI is InChI=1S/C20H22N4O2S/c1-27-15-6-4-5-14(13-15)21-18(25)9-10-23-11-12-24-19(20(23)26)16-7-2-3-8-17(16)22-24/h4-6,11-13H,2-3,7-10H2,1H3,(H,21,25). The summed E-state index contributed by atoms with van der Waals surface area (Å²) in [5.41, 5.74) is 3.51. The molecular formula is C20H22N4O2S. The van der Waals surface area contributed by atoms with Gasteiger partial charge in [0, 0.05) is 41.5 Å². The third kappa shape index (κ3) is 3.64. The number of aryl methyl sites for hydroxylation is 3. The maximum absolute atomic E-state index is 12.9. The van der Waals surface area contributed by atoms with Crippen LogP contribution in [0.3, 0.4) is 0 Å². The van der Waals surface area contributed by atoms with Gasteiger partial charge in [-0.1, -0.05) is 6.07 Å². The monoisotopic (exact) mass is 382 g/mol. The molecule has 0 aliphatic heterocycles. The van der Waals surface area contributed by atoms with Gasteiger partial charge in [0.25, 0.3) is 5.56 Å². The zero-order valence-electron chi connectivity index (χ0n) is 15.3. The highest BCUT2D eigenvalue weighted by Crippen LogP contribution is 2.22. The van der Waals surface area contributed by atoms with Gasteiger partial charge in [-0.05, 0) is 50.1 Å². The lowest BCUT2D eigenvalue weighted by molar-refractivity contribution is -0.116. The molecule has 0 fully saturated rings. The molecular weight excluding hydrogens is 360 g/mol. The van der Waals surface area contributed by atoms with Gasteiger partial charge < -0.3 is 9.88 Å². The first-order valence-electron chi connectivity index (χ1n) is 9.19. The number of nitrogens with zero attached hydrogens (tertiary/aromatic N) is 3. The van der Waals surface area contributed by atoms with Crippen molar-refractivity contribution in [2.75, 3.05) is 11.6 Å². The number of thioether (sulfide) groups is 1. The lowest BCUT2D eigenvalue weighted by Gasteiger charge is -2.10. The molecule has 0 atom stereocenters. The molecule has 0 unspecified atom stereocenters. The molecule has 0 radical (unpaired) electrons. The molecule has 0 spiro atoms. The number of carbonyl (C=O) groups is 1. The minimum Gasteiger partial charge on any atom is -0.326 e. The Morgan fingerprint density at radius 1 is 1.26 bits per heavy atom. The van der Waals surface area contributed by atoms with E-state index in [4.69, 9.17) is 0 Å². The highest BCUT2D eigenvalue weighted by atomic mass is 32.2. The van der Waals surface area contributed by atoms with Crippen molar-refractivity contribution < 1.29 is 4.79 Å². The Morgan fingerprint density at radius 2 is 2.11 bits per heavy atom. The summed E-state index contributed by atoms with van der Waals surface area (Å²) >= 11 is 1.63. The van der Waals surface area contributed by atoms with E-state index >= 15 is 0 Å². The summed E-state index contributed by atoms with van der Waals surface area (Å²) in [7, 11) is 0. The smallest absolute Gasteiger partial charge is 0.276 e. The Morgan fingerprint density at radius 3 is 2.96 bits per heavy atom. The fraction of sp³-hybridized carbons (Fsp3) is 0.350. The average molecular weight is 382 g/mol. The van der Waals surface area contributed by atoms with Gasteiger partial charge in [0.2, 0.25) is 5.91 Å². The molecule has 1 amide bonds. The van der Waals surface area contributed by atoms with Crippen molar-refractivity contribution in [2.45, 2.75) is 43.5 Å². The predicted octanol–water partition coefficient (Wildman–Crippen LogP) is 3.13. The van der Waals surface area contributed by atoms with Crippen LogP contribution in [0.1, 0.15) is 30.5 Å². The van der Waals surface area contributed by atoms with E-state index in [-0.39, 0.29) is 17.9 Å². The number of fused-ring (bicyclic) bond motifs is 3. The molecule has 3 aromatic rings. The molecule has 0 saturated heterocycles. The first-order chi connectivity index (χ1) is 13.2. The van der Waals surface area contributed by atoms with Crippen LogP contribution in [0.15, 0.2) is 46.3 Å². The maximum Gasteiger partial charge on any atom is 0.276 e. The molecule has 1 aliphatic rings. The molecule has 4 rings (SSSR count). The van der Waals surface area contributed by atoms with E-state index < -0.39 is 0 Å². The van der Waals surface area contributed by atoms with Crippen molar-refractivity contribution in [1.82, 2.24) is 14.2 Å². The number of benzene rings is 1. The van der Waals surface area contributed by atoms with Crippen LogP contribution >= 0.6 is 11.8 Å². The summed E-state index contributed by atoms with van der Waals surface area (Å²) in [5, 5.41) is 7.45. The van der Waals surface area contributed by atoms with Crippen LogP contribution in [0.2, 0.25) is 0 Å². The number of aromatic nitrogens is 3. The van der Waals surface area contributed by atoms with Crippen LogP contribution in [0.25, 0.3) is 5.52 Å². The summed E-state index contributed by atoms with van der Waals surface area (Å²) in [6, 6.07) is 7.73. The van der Waals surface area contributed by atoms with Crippen molar-refractivity contribution in [3.05, 3.63) is 58.3 Å². The number of nitrogens with one attached hydrogen (secondary N) is 1. The minimum atomic E-state index is -0.101. The van der Waals surface area contributed by atoms with Crippen LogP contribution in [-0.2, 0) is 24.2 Å². The topological polar surface area (TPSA) is 68.4 Å². The highest BCUT2D eigenvalue weighted by molar-refractivity contribution is 7.98. The molecule has 7 heteroatoms. The fourth-order valence-corrected chi connectivity index (χ4v) is 4.04. The van der Waals surface area contributed by atoms with Crippen LogP contribution < -0.4 is 10.9 Å². The molecule has 27 heavy (non-hydrogen) atoms. The maximum atomic E-state index is 12.9. The summed E-state index contributed by atoms with van der Waals surface area (Å²) in [4.78, 5) is 26.3. The fourth-order valence-electron chi connectivity index (χ4n) is 3.58. The Balaban J connectivity index is 1.49. The van der Waals surface area contributed by atoms with Gasteiger partial charge in [-0.2, -0.15) is 5.10 Å². The second-order valence-electron chi connectivity index (χ2n) is 6.75. The third-order valence-corrected chi connectivity index (χ3v) is 5.69. The number of rotatable bonds is 5. The molecule has 0 bridgehead atoms.